The fourth-order valence-electron chi connectivity index (χ4n) is 4.46. The maximum absolute atomic E-state index is 3.71. The summed E-state index contributed by atoms with van der Waals surface area (Å²) >= 11 is 3.71. The Bertz CT molecular complexity index is 1160. The normalized spacial score (nSPS) is 14.2. The number of hydrogen-bond donors (Lipinski definition) is 0. The van der Waals surface area contributed by atoms with Gasteiger partial charge in [0.25, 0.3) is 0 Å². The number of nitrogens with zero attached hydrogens (tertiary/aromatic N) is 1. The zero-order valence-corrected chi connectivity index (χ0v) is 18.1. The van der Waals surface area contributed by atoms with Gasteiger partial charge in [-0.05, 0) is 52.6 Å². The first-order chi connectivity index (χ1) is 14.1. The number of para-hydroxylation sites is 2. The molecule has 0 unspecified atom stereocenters. The maximum atomic E-state index is 3.71. The van der Waals surface area contributed by atoms with E-state index in [1.807, 2.05) is 0 Å². The van der Waals surface area contributed by atoms with Crippen LogP contribution in [0.3, 0.4) is 0 Å². The van der Waals surface area contributed by atoms with Crippen molar-refractivity contribution in [1.29, 1.82) is 0 Å². The highest BCUT2D eigenvalue weighted by Crippen LogP contribution is 2.51. The highest BCUT2D eigenvalue weighted by molar-refractivity contribution is 9.10. The number of fused-ring (bicyclic) bond motifs is 2. The van der Waals surface area contributed by atoms with Crippen molar-refractivity contribution in [3.05, 3.63) is 113 Å². The molecule has 0 spiro atoms. The fraction of sp³-hybridized carbons (Fsp3) is 0.111. The molecule has 0 fully saturated rings. The van der Waals surface area contributed by atoms with Crippen molar-refractivity contribution >= 4 is 33.0 Å². The van der Waals surface area contributed by atoms with E-state index >= 15 is 0 Å². The fourth-order valence-corrected chi connectivity index (χ4v) is 4.97. The Morgan fingerprint density at radius 1 is 0.655 bits per heavy atom. The van der Waals surface area contributed by atoms with Crippen LogP contribution in [0.4, 0.5) is 17.1 Å². The van der Waals surface area contributed by atoms with E-state index in [0.717, 1.165) is 4.47 Å². The Labute approximate surface area is 180 Å². The molecule has 1 aliphatic heterocycles. The van der Waals surface area contributed by atoms with E-state index < -0.39 is 0 Å². The molecule has 0 radical (unpaired) electrons. The van der Waals surface area contributed by atoms with Gasteiger partial charge in [0, 0.05) is 15.6 Å². The van der Waals surface area contributed by atoms with Gasteiger partial charge in [0.2, 0.25) is 0 Å². The lowest BCUT2D eigenvalue weighted by Crippen LogP contribution is -2.30. The Morgan fingerprint density at radius 3 is 1.90 bits per heavy atom. The van der Waals surface area contributed by atoms with E-state index in [0.29, 0.717) is 0 Å². The van der Waals surface area contributed by atoms with Gasteiger partial charge in [-0.1, -0.05) is 96.5 Å². The first-order valence-corrected chi connectivity index (χ1v) is 10.7. The molecule has 0 aliphatic carbocycles. The molecule has 0 saturated heterocycles. The lowest BCUT2D eigenvalue weighted by atomic mass is 9.73. The average molecular weight is 440 g/mol. The van der Waals surface area contributed by atoms with Gasteiger partial charge in [-0.3, -0.25) is 0 Å². The maximum Gasteiger partial charge on any atom is 0.0502 e. The van der Waals surface area contributed by atoms with Gasteiger partial charge in [-0.25, -0.2) is 0 Å². The van der Waals surface area contributed by atoms with Crippen LogP contribution in [-0.4, -0.2) is 0 Å². The standard InChI is InChI=1S/C27H22BrN/c1-27(2)22-13-4-7-16-25(22)29(26-17-8-5-14-23(26)27)20-11-9-10-19(18-20)21-12-3-6-15-24(21)28/h3-18H,1-2H3. The summed E-state index contributed by atoms with van der Waals surface area (Å²) in [6, 6.07) is 34.7. The summed E-state index contributed by atoms with van der Waals surface area (Å²) in [5, 5.41) is 0. The van der Waals surface area contributed by atoms with Crippen LogP contribution in [0, 0.1) is 0 Å². The van der Waals surface area contributed by atoms with Gasteiger partial charge in [-0.2, -0.15) is 0 Å². The molecule has 2 heteroatoms. The summed E-state index contributed by atoms with van der Waals surface area (Å²) in [4.78, 5) is 2.40. The van der Waals surface area contributed by atoms with Gasteiger partial charge in [-0.15, -0.1) is 0 Å². The topological polar surface area (TPSA) is 3.24 Å². The van der Waals surface area contributed by atoms with Crippen LogP contribution in [0.1, 0.15) is 25.0 Å². The first kappa shape index (κ1) is 18.2. The van der Waals surface area contributed by atoms with Gasteiger partial charge in [0.1, 0.15) is 0 Å². The van der Waals surface area contributed by atoms with Crippen molar-refractivity contribution in [2.24, 2.45) is 0 Å². The molecule has 142 valence electrons. The van der Waals surface area contributed by atoms with E-state index in [4.69, 9.17) is 0 Å². The summed E-state index contributed by atoms with van der Waals surface area (Å²) in [6.45, 7) is 4.64. The van der Waals surface area contributed by atoms with Crippen LogP contribution in [0.2, 0.25) is 0 Å². The zero-order chi connectivity index (χ0) is 20.0. The van der Waals surface area contributed by atoms with Crippen LogP contribution in [-0.2, 0) is 5.41 Å². The molecule has 1 heterocycles. The number of rotatable bonds is 2. The second-order valence-electron chi connectivity index (χ2n) is 8.02. The molecule has 4 aromatic rings. The molecule has 0 N–H and O–H groups in total. The second kappa shape index (κ2) is 6.89. The summed E-state index contributed by atoms with van der Waals surface area (Å²) in [5.74, 6) is 0. The van der Waals surface area contributed by atoms with Crippen LogP contribution in [0.25, 0.3) is 11.1 Å². The average Bonchev–Trinajstić information content (AvgIpc) is 2.75. The molecule has 0 saturated carbocycles. The second-order valence-corrected chi connectivity index (χ2v) is 8.88. The highest BCUT2D eigenvalue weighted by atomic mass is 79.9. The predicted octanol–water partition coefficient (Wildman–Crippen LogP) is 8.23. The molecule has 0 aromatic heterocycles. The molecular formula is C27H22BrN. The third-order valence-electron chi connectivity index (χ3n) is 5.93. The highest BCUT2D eigenvalue weighted by Gasteiger charge is 2.36. The summed E-state index contributed by atoms with van der Waals surface area (Å²) in [7, 11) is 0. The SMILES string of the molecule is CC1(C)c2ccccc2N(c2cccc(-c3ccccc3Br)c2)c2ccccc21. The molecule has 0 atom stereocenters. The molecule has 5 rings (SSSR count). The van der Waals surface area contributed by atoms with Gasteiger partial charge in [0.05, 0.1) is 11.4 Å². The lowest BCUT2D eigenvalue weighted by Gasteiger charge is -2.42. The molecule has 1 aliphatic rings. The molecule has 4 aromatic carbocycles. The van der Waals surface area contributed by atoms with Crippen LogP contribution >= 0.6 is 15.9 Å². The Hall–Kier alpha value is -2.84. The van der Waals surface area contributed by atoms with E-state index in [2.05, 4.69) is 132 Å². The van der Waals surface area contributed by atoms with Crippen molar-refractivity contribution in [1.82, 2.24) is 0 Å². The predicted molar refractivity (Wildman–Crippen MR) is 126 cm³/mol. The molecule has 1 nitrogen and oxygen atoms in total. The summed E-state index contributed by atoms with van der Waals surface area (Å²) in [6.07, 6.45) is 0. The lowest BCUT2D eigenvalue weighted by molar-refractivity contribution is 0.632. The Balaban J connectivity index is 1.74. The minimum Gasteiger partial charge on any atom is -0.310 e. The number of anilines is 3. The third-order valence-corrected chi connectivity index (χ3v) is 6.62. The van der Waals surface area contributed by atoms with Crippen molar-refractivity contribution < 1.29 is 0 Å². The van der Waals surface area contributed by atoms with Gasteiger partial charge in [0.15, 0.2) is 0 Å². The minimum atomic E-state index is -0.0379. The molecule has 0 bridgehead atoms. The smallest absolute Gasteiger partial charge is 0.0502 e. The van der Waals surface area contributed by atoms with E-state index in [-0.39, 0.29) is 5.41 Å². The molecule has 0 amide bonds. The monoisotopic (exact) mass is 439 g/mol. The van der Waals surface area contributed by atoms with Crippen molar-refractivity contribution in [2.75, 3.05) is 4.90 Å². The number of hydrogen-bond acceptors (Lipinski definition) is 1. The summed E-state index contributed by atoms with van der Waals surface area (Å²) < 4.78 is 1.11. The Kier molecular flexibility index (Phi) is 4.33. The molecule has 29 heavy (non-hydrogen) atoms. The number of benzene rings is 4. The van der Waals surface area contributed by atoms with E-state index in [1.54, 1.807) is 0 Å². The van der Waals surface area contributed by atoms with Crippen molar-refractivity contribution in [3.63, 3.8) is 0 Å². The van der Waals surface area contributed by atoms with Crippen molar-refractivity contribution in [2.45, 2.75) is 19.3 Å². The largest absolute Gasteiger partial charge is 0.310 e. The first-order valence-electron chi connectivity index (χ1n) is 9.91. The zero-order valence-electron chi connectivity index (χ0n) is 16.6. The van der Waals surface area contributed by atoms with Gasteiger partial charge < -0.3 is 4.90 Å². The van der Waals surface area contributed by atoms with E-state index in [1.165, 1.54) is 39.3 Å². The van der Waals surface area contributed by atoms with Crippen LogP contribution in [0.15, 0.2) is 102 Å². The van der Waals surface area contributed by atoms with Crippen molar-refractivity contribution in [3.8, 4) is 11.1 Å². The quantitative estimate of drug-likeness (QED) is 0.304. The molecular weight excluding hydrogens is 418 g/mol. The van der Waals surface area contributed by atoms with Crippen LogP contribution in [0.5, 0.6) is 0 Å². The van der Waals surface area contributed by atoms with E-state index in [9.17, 15) is 0 Å². The summed E-state index contributed by atoms with van der Waals surface area (Å²) in [5.41, 5.74) is 8.75. The third kappa shape index (κ3) is 2.90. The minimum absolute atomic E-state index is 0.0379. The van der Waals surface area contributed by atoms with Gasteiger partial charge >= 0.3 is 0 Å². The van der Waals surface area contributed by atoms with Crippen LogP contribution < -0.4 is 4.90 Å². The number of halogens is 1. The Morgan fingerprint density at radius 2 is 1.24 bits per heavy atom.